The van der Waals surface area contributed by atoms with E-state index >= 15 is 0 Å². The lowest BCUT2D eigenvalue weighted by atomic mass is 10.3. The fourth-order valence-corrected chi connectivity index (χ4v) is 1.07. The van der Waals surface area contributed by atoms with Gasteiger partial charge in [-0.25, -0.2) is 9.97 Å². The zero-order chi connectivity index (χ0) is 9.14. The van der Waals surface area contributed by atoms with Gasteiger partial charge >= 0.3 is 0 Å². The molecule has 1 heterocycles. The van der Waals surface area contributed by atoms with Crippen molar-refractivity contribution in [1.82, 2.24) is 9.97 Å². The van der Waals surface area contributed by atoms with Crippen molar-refractivity contribution in [2.24, 2.45) is 0 Å². The summed E-state index contributed by atoms with van der Waals surface area (Å²) >= 11 is 10.5. The summed E-state index contributed by atoms with van der Waals surface area (Å²) in [5.41, 5.74) is 1.31. The van der Waals surface area contributed by atoms with Crippen LogP contribution in [0, 0.1) is 6.92 Å². The van der Waals surface area contributed by atoms with Gasteiger partial charge in [0.2, 0.25) is 10.3 Å². The largest absolute Gasteiger partial charge is 0.485 e. The predicted octanol–water partition coefficient (Wildman–Crippen LogP) is 1.76. The highest BCUT2D eigenvalue weighted by atomic mass is 35.5. The van der Waals surface area contributed by atoms with Crippen molar-refractivity contribution in [3.63, 3.8) is 0 Å². The number of methoxy groups -OCH3 is 1. The van der Waals surface area contributed by atoms with Crippen molar-refractivity contribution in [3.8, 4) is 0 Å². The second kappa shape index (κ2) is 3.78. The van der Waals surface area contributed by atoms with Crippen LogP contribution >= 0.6 is 23.8 Å². The molecule has 0 bridgehead atoms. The fourth-order valence-electron chi connectivity index (χ4n) is 0.741. The number of aryl methyl sites for hydroxylation is 1. The number of aromatic nitrogens is 2. The van der Waals surface area contributed by atoms with Crippen molar-refractivity contribution in [2.75, 3.05) is 7.11 Å². The van der Waals surface area contributed by atoms with Crippen LogP contribution in [-0.2, 0) is 4.74 Å². The number of ether oxygens (including phenoxy) is 1. The molecule has 0 fully saturated rings. The Labute approximate surface area is 80.7 Å². The SMILES string of the molecule is COC(=S)c1cc(C)nc(Cl)n1. The topological polar surface area (TPSA) is 35.0 Å². The highest BCUT2D eigenvalue weighted by Crippen LogP contribution is 2.06. The molecule has 0 aliphatic carbocycles. The summed E-state index contributed by atoms with van der Waals surface area (Å²) in [6, 6.07) is 1.72. The third-order valence-electron chi connectivity index (χ3n) is 1.22. The second-order valence-corrected chi connectivity index (χ2v) is 2.86. The first-order valence-corrected chi connectivity index (χ1v) is 4.01. The summed E-state index contributed by atoms with van der Waals surface area (Å²) in [5, 5.41) is 0.506. The molecule has 12 heavy (non-hydrogen) atoms. The second-order valence-electron chi connectivity index (χ2n) is 2.16. The van der Waals surface area contributed by atoms with E-state index in [2.05, 4.69) is 9.97 Å². The van der Waals surface area contributed by atoms with Crippen LogP contribution in [0.2, 0.25) is 5.28 Å². The van der Waals surface area contributed by atoms with E-state index in [1.807, 2.05) is 6.92 Å². The Hall–Kier alpha value is -0.740. The molecule has 0 atom stereocenters. The number of halogens is 1. The minimum absolute atomic E-state index is 0.185. The molecular formula is C7H7ClN2OS. The molecule has 1 rings (SSSR count). The molecule has 1 aromatic heterocycles. The first-order valence-electron chi connectivity index (χ1n) is 3.23. The van der Waals surface area contributed by atoms with E-state index in [-0.39, 0.29) is 5.28 Å². The van der Waals surface area contributed by atoms with Gasteiger partial charge in [0.1, 0.15) is 5.69 Å². The van der Waals surface area contributed by atoms with Gasteiger partial charge in [-0.05, 0) is 36.8 Å². The zero-order valence-electron chi connectivity index (χ0n) is 6.67. The maximum absolute atomic E-state index is 5.61. The summed E-state index contributed by atoms with van der Waals surface area (Å²) in [6.45, 7) is 1.81. The maximum atomic E-state index is 5.61. The van der Waals surface area contributed by atoms with E-state index in [0.717, 1.165) is 5.69 Å². The van der Waals surface area contributed by atoms with E-state index in [0.29, 0.717) is 10.7 Å². The minimum Gasteiger partial charge on any atom is -0.485 e. The number of hydrogen-bond donors (Lipinski definition) is 0. The molecule has 0 saturated carbocycles. The maximum Gasteiger partial charge on any atom is 0.223 e. The number of rotatable bonds is 1. The normalized spacial score (nSPS) is 9.58. The van der Waals surface area contributed by atoms with E-state index in [9.17, 15) is 0 Å². The van der Waals surface area contributed by atoms with Crippen LogP contribution < -0.4 is 0 Å². The lowest BCUT2D eigenvalue weighted by molar-refractivity contribution is 0.414. The molecule has 1 aromatic rings. The van der Waals surface area contributed by atoms with Crippen LogP contribution in [0.1, 0.15) is 11.4 Å². The first-order chi connectivity index (χ1) is 5.63. The van der Waals surface area contributed by atoms with E-state index < -0.39 is 0 Å². The quantitative estimate of drug-likeness (QED) is 0.514. The number of nitrogens with zero attached hydrogens (tertiary/aromatic N) is 2. The monoisotopic (exact) mass is 202 g/mol. The number of hydrogen-bond acceptors (Lipinski definition) is 4. The molecule has 0 unspecified atom stereocenters. The molecule has 0 saturated heterocycles. The standard InChI is InChI=1S/C7H7ClN2OS/c1-4-3-5(6(12)11-2)10-7(8)9-4/h3H,1-2H3. The lowest BCUT2D eigenvalue weighted by Gasteiger charge is -2.01. The number of thiocarbonyl (C=S) groups is 1. The van der Waals surface area contributed by atoms with Crippen molar-refractivity contribution in [3.05, 3.63) is 22.7 Å². The van der Waals surface area contributed by atoms with Crippen molar-refractivity contribution in [2.45, 2.75) is 6.92 Å². The van der Waals surface area contributed by atoms with Crippen molar-refractivity contribution < 1.29 is 4.74 Å². The zero-order valence-corrected chi connectivity index (χ0v) is 8.24. The predicted molar refractivity (Wildman–Crippen MR) is 50.5 cm³/mol. The molecule has 0 aliphatic rings. The molecule has 0 N–H and O–H groups in total. The molecular weight excluding hydrogens is 196 g/mol. The molecule has 3 nitrogen and oxygen atoms in total. The van der Waals surface area contributed by atoms with E-state index in [1.165, 1.54) is 7.11 Å². The minimum atomic E-state index is 0.185. The van der Waals surface area contributed by atoms with Gasteiger partial charge in [-0.1, -0.05) is 0 Å². The Bertz CT molecular complexity index is 296. The molecule has 0 radical (unpaired) electrons. The Morgan fingerprint density at radius 2 is 2.25 bits per heavy atom. The first kappa shape index (κ1) is 9.35. The fraction of sp³-hybridized carbons (Fsp3) is 0.286. The van der Waals surface area contributed by atoms with Gasteiger partial charge in [-0.2, -0.15) is 0 Å². The summed E-state index contributed by atoms with van der Waals surface area (Å²) in [4.78, 5) is 7.78. The van der Waals surface area contributed by atoms with Crippen LogP contribution in [0.5, 0.6) is 0 Å². The van der Waals surface area contributed by atoms with Gasteiger partial charge in [-0.15, -0.1) is 0 Å². The Kier molecular flexibility index (Phi) is 2.94. The van der Waals surface area contributed by atoms with Crippen LogP contribution in [-0.4, -0.2) is 22.1 Å². The van der Waals surface area contributed by atoms with E-state index in [1.54, 1.807) is 6.07 Å². The smallest absolute Gasteiger partial charge is 0.223 e. The molecule has 0 amide bonds. The molecule has 64 valence electrons. The highest BCUT2D eigenvalue weighted by molar-refractivity contribution is 7.80. The van der Waals surface area contributed by atoms with Gasteiger partial charge in [0.05, 0.1) is 7.11 Å². The average Bonchev–Trinajstić information content (AvgIpc) is 2.01. The summed E-state index contributed by atoms with van der Waals surface area (Å²) in [6.07, 6.45) is 0. The Morgan fingerprint density at radius 1 is 1.58 bits per heavy atom. The molecule has 0 aromatic carbocycles. The van der Waals surface area contributed by atoms with Crippen LogP contribution in [0.4, 0.5) is 0 Å². The van der Waals surface area contributed by atoms with Crippen molar-refractivity contribution >= 4 is 28.9 Å². The summed E-state index contributed by atoms with van der Waals surface area (Å²) in [5.74, 6) is 0. The van der Waals surface area contributed by atoms with Gasteiger partial charge < -0.3 is 4.74 Å². The van der Waals surface area contributed by atoms with Crippen LogP contribution in [0.3, 0.4) is 0 Å². The van der Waals surface area contributed by atoms with Gasteiger partial charge in [-0.3, -0.25) is 0 Å². The average molecular weight is 203 g/mol. The molecule has 5 heteroatoms. The third-order valence-corrected chi connectivity index (χ3v) is 1.77. The highest BCUT2D eigenvalue weighted by Gasteiger charge is 2.04. The van der Waals surface area contributed by atoms with Gasteiger partial charge in [0.15, 0.2) is 0 Å². The Balaban J connectivity index is 3.08. The molecule has 0 spiro atoms. The Morgan fingerprint density at radius 3 is 2.75 bits per heavy atom. The third kappa shape index (κ3) is 2.12. The van der Waals surface area contributed by atoms with Crippen molar-refractivity contribution in [1.29, 1.82) is 0 Å². The summed E-state index contributed by atoms with van der Waals surface area (Å²) in [7, 11) is 1.49. The lowest BCUT2D eigenvalue weighted by Crippen LogP contribution is -2.04. The summed E-state index contributed by atoms with van der Waals surface area (Å²) < 4.78 is 4.83. The van der Waals surface area contributed by atoms with Crippen LogP contribution in [0.25, 0.3) is 0 Å². The molecule has 0 aliphatic heterocycles. The van der Waals surface area contributed by atoms with E-state index in [4.69, 9.17) is 28.6 Å². The van der Waals surface area contributed by atoms with Gasteiger partial charge in [0.25, 0.3) is 0 Å². The van der Waals surface area contributed by atoms with Crippen LogP contribution in [0.15, 0.2) is 6.07 Å². The van der Waals surface area contributed by atoms with Gasteiger partial charge in [0, 0.05) is 5.69 Å².